The van der Waals surface area contributed by atoms with Crippen molar-refractivity contribution in [2.75, 3.05) is 0 Å². The van der Waals surface area contributed by atoms with Gasteiger partial charge in [-0.05, 0) is 50.9 Å². The maximum atomic E-state index is 10.5. The van der Waals surface area contributed by atoms with E-state index in [2.05, 4.69) is 13.8 Å². The monoisotopic (exact) mass is 208 g/mol. The molecule has 1 nitrogen and oxygen atoms in total. The molecule has 0 radical (unpaired) electrons. The molecule has 2 bridgehead atoms. The van der Waals surface area contributed by atoms with Gasteiger partial charge in [-0.15, -0.1) is 0 Å². The molecular weight excluding hydrogens is 184 g/mol. The molecule has 0 aliphatic heterocycles. The third-order valence-corrected chi connectivity index (χ3v) is 4.15. The van der Waals surface area contributed by atoms with Crippen molar-refractivity contribution in [3.05, 3.63) is 11.1 Å². The van der Waals surface area contributed by atoms with Gasteiger partial charge in [0, 0.05) is 0 Å². The number of hydrogen-bond donors (Lipinski definition) is 1. The van der Waals surface area contributed by atoms with Crippen molar-refractivity contribution in [3.63, 3.8) is 0 Å². The van der Waals surface area contributed by atoms with Crippen LogP contribution < -0.4 is 0 Å². The first-order valence-corrected chi connectivity index (χ1v) is 6.54. The molecule has 15 heavy (non-hydrogen) atoms. The molecule has 1 atom stereocenters. The van der Waals surface area contributed by atoms with E-state index in [1.54, 1.807) is 11.1 Å². The summed E-state index contributed by atoms with van der Waals surface area (Å²) in [5, 5.41) is 10.5. The maximum absolute atomic E-state index is 10.5. The van der Waals surface area contributed by atoms with Crippen LogP contribution >= 0.6 is 0 Å². The molecule has 2 aliphatic rings. The number of aliphatic hydroxyl groups is 1. The second kappa shape index (κ2) is 4.29. The first-order valence-electron chi connectivity index (χ1n) is 6.54. The highest BCUT2D eigenvalue weighted by Gasteiger charge is 2.33. The number of allylic oxidation sites excluding steroid dienone is 1. The number of fused-ring (bicyclic) bond motifs is 2. The SMILES string of the molecule is CC(C)/C1=C2\CCCC(O)(CCCC1)C2. The van der Waals surface area contributed by atoms with Gasteiger partial charge < -0.3 is 5.11 Å². The summed E-state index contributed by atoms with van der Waals surface area (Å²) >= 11 is 0. The predicted molar refractivity (Wildman–Crippen MR) is 63.7 cm³/mol. The van der Waals surface area contributed by atoms with Crippen molar-refractivity contribution in [2.45, 2.75) is 70.8 Å². The van der Waals surface area contributed by atoms with Crippen LogP contribution in [0.4, 0.5) is 0 Å². The second-order valence-electron chi connectivity index (χ2n) is 5.75. The van der Waals surface area contributed by atoms with Gasteiger partial charge in [-0.1, -0.05) is 31.4 Å². The van der Waals surface area contributed by atoms with Crippen LogP contribution in [0.5, 0.6) is 0 Å². The largest absolute Gasteiger partial charge is 0.390 e. The molecule has 1 saturated carbocycles. The fourth-order valence-corrected chi connectivity index (χ4v) is 3.34. The molecule has 1 unspecified atom stereocenters. The van der Waals surface area contributed by atoms with E-state index < -0.39 is 0 Å². The van der Waals surface area contributed by atoms with Gasteiger partial charge in [0.05, 0.1) is 5.60 Å². The van der Waals surface area contributed by atoms with Crippen LogP contribution in [0.2, 0.25) is 0 Å². The molecule has 1 heteroatoms. The van der Waals surface area contributed by atoms with Crippen LogP contribution in [0.25, 0.3) is 0 Å². The van der Waals surface area contributed by atoms with Crippen molar-refractivity contribution < 1.29 is 5.11 Å². The van der Waals surface area contributed by atoms with Gasteiger partial charge in [0.2, 0.25) is 0 Å². The predicted octanol–water partition coefficient (Wildman–Crippen LogP) is 3.82. The summed E-state index contributed by atoms with van der Waals surface area (Å²) in [5.74, 6) is 0.681. The minimum absolute atomic E-state index is 0.339. The molecular formula is C14H24O. The fraction of sp³-hybridized carbons (Fsp3) is 0.857. The van der Waals surface area contributed by atoms with Crippen LogP contribution in [-0.4, -0.2) is 10.7 Å². The fourth-order valence-electron chi connectivity index (χ4n) is 3.34. The van der Waals surface area contributed by atoms with E-state index in [0.717, 1.165) is 19.3 Å². The summed E-state index contributed by atoms with van der Waals surface area (Å²) in [6.07, 6.45) is 9.24. The minimum atomic E-state index is -0.339. The topological polar surface area (TPSA) is 20.2 Å². The van der Waals surface area contributed by atoms with E-state index in [-0.39, 0.29) is 5.60 Å². The summed E-state index contributed by atoms with van der Waals surface area (Å²) in [6.45, 7) is 4.61. The van der Waals surface area contributed by atoms with E-state index in [1.165, 1.54) is 32.1 Å². The van der Waals surface area contributed by atoms with Crippen LogP contribution in [0, 0.1) is 5.92 Å². The molecule has 0 heterocycles. The van der Waals surface area contributed by atoms with Crippen LogP contribution in [0.3, 0.4) is 0 Å². The van der Waals surface area contributed by atoms with Gasteiger partial charge in [-0.2, -0.15) is 0 Å². The maximum Gasteiger partial charge on any atom is 0.0685 e. The van der Waals surface area contributed by atoms with Crippen molar-refractivity contribution >= 4 is 0 Å². The lowest BCUT2D eigenvalue weighted by atomic mass is 9.73. The molecule has 0 aromatic heterocycles. The van der Waals surface area contributed by atoms with Crippen molar-refractivity contribution in [3.8, 4) is 0 Å². The van der Waals surface area contributed by atoms with Gasteiger partial charge in [0.15, 0.2) is 0 Å². The van der Waals surface area contributed by atoms with Crippen LogP contribution in [0.1, 0.15) is 65.2 Å². The van der Waals surface area contributed by atoms with Crippen molar-refractivity contribution in [2.24, 2.45) is 5.92 Å². The Labute approximate surface area is 93.6 Å². The quantitative estimate of drug-likeness (QED) is 0.649. The second-order valence-corrected chi connectivity index (χ2v) is 5.75. The Morgan fingerprint density at radius 1 is 1.07 bits per heavy atom. The Morgan fingerprint density at radius 3 is 2.53 bits per heavy atom. The Bertz CT molecular complexity index is 265. The van der Waals surface area contributed by atoms with E-state index >= 15 is 0 Å². The summed E-state index contributed by atoms with van der Waals surface area (Å²) in [7, 11) is 0. The lowest BCUT2D eigenvalue weighted by Gasteiger charge is -2.37. The van der Waals surface area contributed by atoms with Gasteiger partial charge in [-0.3, -0.25) is 0 Å². The number of hydrogen-bond acceptors (Lipinski definition) is 1. The standard InChI is InChI=1S/C14H24O/c1-11(2)13-7-3-4-8-14(15)9-5-6-12(13)10-14/h11,15H,3-10H2,1-2H3/b13-12+. The number of rotatable bonds is 1. The minimum Gasteiger partial charge on any atom is -0.390 e. The molecule has 1 fully saturated rings. The lowest BCUT2D eigenvalue weighted by molar-refractivity contribution is 0.00688. The molecule has 0 aromatic carbocycles. The van der Waals surface area contributed by atoms with Gasteiger partial charge in [0.1, 0.15) is 0 Å². The normalized spacial score (nSPS) is 37.6. The lowest BCUT2D eigenvalue weighted by Crippen LogP contribution is -2.33. The Hall–Kier alpha value is -0.300. The molecule has 0 aromatic rings. The Kier molecular flexibility index (Phi) is 3.20. The zero-order valence-electron chi connectivity index (χ0n) is 10.2. The summed E-state index contributed by atoms with van der Waals surface area (Å²) in [4.78, 5) is 0. The first kappa shape index (κ1) is 11.2. The molecule has 0 saturated heterocycles. The highest BCUT2D eigenvalue weighted by molar-refractivity contribution is 5.21. The zero-order chi connectivity index (χ0) is 10.9. The molecule has 86 valence electrons. The summed E-state index contributed by atoms with van der Waals surface area (Å²) in [6, 6.07) is 0. The molecule has 1 N–H and O–H groups in total. The van der Waals surface area contributed by atoms with E-state index in [1.807, 2.05) is 0 Å². The third kappa shape index (κ3) is 2.44. The highest BCUT2D eigenvalue weighted by Crippen LogP contribution is 2.41. The van der Waals surface area contributed by atoms with Gasteiger partial charge in [0.25, 0.3) is 0 Å². The van der Waals surface area contributed by atoms with Crippen LogP contribution in [-0.2, 0) is 0 Å². The molecule has 0 spiro atoms. The average Bonchev–Trinajstić information content (AvgIpc) is 2.15. The van der Waals surface area contributed by atoms with Crippen molar-refractivity contribution in [1.82, 2.24) is 0 Å². The first-order chi connectivity index (χ1) is 7.11. The average molecular weight is 208 g/mol. The highest BCUT2D eigenvalue weighted by atomic mass is 16.3. The molecule has 2 rings (SSSR count). The van der Waals surface area contributed by atoms with Gasteiger partial charge in [-0.25, -0.2) is 0 Å². The Balaban J connectivity index is 2.27. The summed E-state index contributed by atoms with van der Waals surface area (Å²) < 4.78 is 0. The van der Waals surface area contributed by atoms with E-state index in [0.29, 0.717) is 5.92 Å². The third-order valence-electron chi connectivity index (χ3n) is 4.15. The van der Waals surface area contributed by atoms with E-state index in [4.69, 9.17) is 0 Å². The summed E-state index contributed by atoms with van der Waals surface area (Å²) in [5.41, 5.74) is 2.92. The zero-order valence-corrected chi connectivity index (χ0v) is 10.2. The smallest absolute Gasteiger partial charge is 0.0685 e. The van der Waals surface area contributed by atoms with Crippen LogP contribution in [0.15, 0.2) is 11.1 Å². The Morgan fingerprint density at radius 2 is 1.80 bits per heavy atom. The van der Waals surface area contributed by atoms with Crippen molar-refractivity contribution in [1.29, 1.82) is 0 Å². The molecule has 0 amide bonds. The van der Waals surface area contributed by atoms with Gasteiger partial charge >= 0.3 is 0 Å². The molecule has 2 aliphatic carbocycles. The van der Waals surface area contributed by atoms with E-state index in [9.17, 15) is 5.11 Å².